The standard InChI is InChI=1S/C17H20ClN3O2/c1-11(2)14-10-16(23-20-14)15-4-3-9-21(15)17(22)19-13-7-5-12(18)6-8-13/h5-8,10-11,15H,3-4,9H2,1-2H3,(H,19,22)/t15-/m1/s1. The molecule has 122 valence electrons. The predicted octanol–water partition coefficient (Wildman–Crippen LogP) is 4.82. The zero-order chi connectivity index (χ0) is 16.4. The van der Waals surface area contributed by atoms with Gasteiger partial charge in [0.25, 0.3) is 0 Å². The first-order valence-corrected chi connectivity index (χ1v) is 8.22. The highest BCUT2D eigenvalue weighted by atomic mass is 35.5. The number of carbonyl (C=O) groups excluding carboxylic acids is 1. The molecule has 1 aliphatic heterocycles. The number of hydrogen-bond acceptors (Lipinski definition) is 3. The summed E-state index contributed by atoms with van der Waals surface area (Å²) >= 11 is 5.86. The van der Waals surface area contributed by atoms with Crippen LogP contribution in [0.3, 0.4) is 0 Å². The van der Waals surface area contributed by atoms with E-state index in [0.717, 1.165) is 30.0 Å². The Morgan fingerprint density at radius 3 is 2.78 bits per heavy atom. The molecule has 0 saturated carbocycles. The minimum Gasteiger partial charge on any atom is -0.359 e. The van der Waals surface area contributed by atoms with Crippen molar-refractivity contribution in [2.24, 2.45) is 0 Å². The summed E-state index contributed by atoms with van der Waals surface area (Å²) in [6, 6.07) is 8.87. The lowest BCUT2D eigenvalue weighted by molar-refractivity contribution is 0.195. The highest BCUT2D eigenvalue weighted by Gasteiger charge is 2.33. The maximum Gasteiger partial charge on any atom is 0.322 e. The van der Waals surface area contributed by atoms with Crippen LogP contribution in [0.25, 0.3) is 0 Å². The highest BCUT2D eigenvalue weighted by Crippen LogP contribution is 2.33. The third kappa shape index (κ3) is 3.50. The number of likely N-dealkylation sites (tertiary alicyclic amines) is 1. The minimum absolute atomic E-state index is 0.0534. The Balaban J connectivity index is 1.72. The first-order valence-electron chi connectivity index (χ1n) is 7.84. The van der Waals surface area contributed by atoms with Gasteiger partial charge in [-0.15, -0.1) is 0 Å². The van der Waals surface area contributed by atoms with Crippen molar-refractivity contribution in [2.45, 2.75) is 38.6 Å². The number of nitrogens with one attached hydrogen (secondary N) is 1. The van der Waals surface area contributed by atoms with Gasteiger partial charge in [0.15, 0.2) is 5.76 Å². The minimum atomic E-state index is -0.127. The van der Waals surface area contributed by atoms with Crippen LogP contribution in [0.15, 0.2) is 34.9 Å². The van der Waals surface area contributed by atoms with Gasteiger partial charge in [-0.3, -0.25) is 0 Å². The van der Waals surface area contributed by atoms with Crippen LogP contribution >= 0.6 is 11.6 Å². The van der Waals surface area contributed by atoms with Crippen molar-refractivity contribution in [3.8, 4) is 0 Å². The number of carbonyl (C=O) groups is 1. The van der Waals surface area contributed by atoms with E-state index in [0.29, 0.717) is 17.5 Å². The third-order valence-electron chi connectivity index (χ3n) is 4.08. The molecule has 1 aromatic carbocycles. The fourth-order valence-electron chi connectivity index (χ4n) is 2.77. The molecule has 0 radical (unpaired) electrons. The summed E-state index contributed by atoms with van der Waals surface area (Å²) in [6.45, 7) is 4.85. The summed E-state index contributed by atoms with van der Waals surface area (Å²) in [6.07, 6.45) is 1.84. The Morgan fingerprint density at radius 1 is 1.39 bits per heavy atom. The summed E-state index contributed by atoms with van der Waals surface area (Å²) in [5.74, 6) is 1.07. The van der Waals surface area contributed by atoms with Gasteiger partial charge in [-0.1, -0.05) is 30.6 Å². The molecule has 1 atom stereocenters. The van der Waals surface area contributed by atoms with E-state index in [9.17, 15) is 4.79 Å². The molecule has 1 fully saturated rings. The van der Waals surface area contributed by atoms with E-state index in [1.807, 2.05) is 6.07 Å². The fraction of sp³-hybridized carbons (Fsp3) is 0.412. The maximum absolute atomic E-state index is 12.5. The molecule has 2 heterocycles. The van der Waals surface area contributed by atoms with Crippen molar-refractivity contribution in [1.29, 1.82) is 0 Å². The Morgan fingerprint density at radius 2 is 2.13 bits per heavy atom. The molecule has 0 unspecified atom stereocenters. The second-order valence-electron chi connectivity index (χ2n) is 6.10. The van der Waals surface area contributed by atoms with Gasteiger partial charge in [0.2, 0.25) is 0 Å². The molecule has 3 rings (SSSR count). The van der Waals surface area contributed by atoms with Gasteiger partial charge in [0, 0.05) is 23.3 Å². The van der Waals surface area contributed by atoms with Crippen LogP contribution in [-0.2, 0) is 0 Å². The van der Waals surface area contributed by atoms with Crippen LogP contribution in [0.5, 0.6) is 0 Å². The van der Waals surface area contributed by atoms with Gasteiger partial charge in [0.05, 0.1) is 11.7 Å². The lowest BCUT2D eigenvalue weighted by atomic mass is 10.1. The number of amides is 2. The number of aromatic nitrogens is 1. The van der Waals surface area contributed by atoms with E-state index in [1.54, 1.807) is 29.2 Å². The summed E-state index contributed by atoms with van der Waals surface area (Å²) in [7, 11) is 0. The fourth-order valence-corrected chi connectivity index (χ4v) is 2.89. The van der Waals surface area contributed by atoms with Gasteiger partial charge in [-0.25, -0.2) is 4.79 Å². The summed E-state index contributed by atoms with van der Waals surface area (Å²) in [5, 5.41) is 7.65. The normalized spacial score (nSPS) is 17.7. The van der Waals surface area contributed by atoms with Crippen LogP contribution in [0.2, 0.25) is 5.02 Å². The van der Waals surface area contributed by atoms with E-state index in [1.165, 1.54) is 0 Å². The van der Waals surface area contributed by atoms with E-state index in [-0.39, 0.29) is 12.1 Å². The number of anilines is 1. The van der Waals surface area contributed by atoms with Crippen molar-refractivity contribution < 1.29 is 9.32 Å². The Hall–Kier alpha value is -2.01. The van der Waals surface area contributed by atoms with Crippen LogP contribution in [0, 0.1) is 0 Å². The lowest BCUT2D eigenvalue weighted by Crippen LogP contribution is -2.34. The van der Waals surface area contributed by atoms with Crippen molar-refractivity contribution in [3.05, 3.63) is 46.8 Å². The van der Waals surface area contributed by atoms with E-state index in [4.69, 9.17) is 16.1 Å². The molecule has 23 heavy (non-hydrogen) atoms. The van der Waals surface area contributed by atoms with Gasteiger partial charge < -0.3 is 14.7 Å². The molecule has 6 heteroatoms. The second-order valence-corrected chi connectivity index (χ2v) is 6.53. The molecule has 0 spiro atoms. The summed E-state index contributed by atoms with van der Waals surface area (Å²) < 4.78 is 5.47. The molecular formula is C17H20ClN3O2. The smallest absolute Gasteiger partial charge is 0.322 e. The third-order valence-corrected chi connectivity index (χ3v) is 4.33. The van der Waals surface area contributed by atoms with E-state index >= 15 is 0 Å². The first kappa shape index (κ1) is 15.9. The molecule has 1 N–H and O–H groups in total. The Labute approximate surface area is 140 Å². The van der Waals surface area contributed by atoms with Crippen LogP contribution < -0.4 is 5.32 Å². The van der Waals surface area contributed by atoms with E-state index in [2.05, 4.69) is 24.3 Å². The molecule has 0 bridgehead atoms. The zero-order valence-corrected chi connectivity index (χ0v) is 14.0. The van der Waals surface area contributed by atoms with Crippen LogP contribution in [-0.4, -0.2) is 22.6 Å². The van der Waals surface area contributed by atoms with Crippen molar-refractivity contribution in [2.75, 3.05) is 11.9 Å². The summed E-state index contributed by atoms with van der Waals surface area (Å²) in [4.78, 5) is 14.3. The van der Waals surface area contributed by atoms with Crippen molar-refractivity contribution in [3.63, 3.8) is 0 Å². The quantitative estimate of drug-likeness (QED) is 0.876. The SMILES string of the molecule is CC(C)c1cc([C@H]2CCCN2C(=O)Nc2ccc(Cl)cc2)on1. The van der Waals surface area contributed by atoms with Gasteiger partial charge in [-0.05, 0) is 43.0 Å². The molecular weight excluding hydrogens is 314 g/mol. The molecule has 1 aromatic heterocycles. The number of halogens is 1. The van der Waals surface area contributed by atoms with Crippen molar-refractivity contribution in [1.82, 2.24) is 10.1 Å². The predicted molar refractivity (Wildman–Crippen MR) is 89.7 cm³/mol. The largest absolute Gasteiger partial charge is 0.359 e. The molecule has 1 aliphatic rings. The topological polar surface area (TPSA) is 58.4 Å². The van der Waals surface area contributed by atoms with E-state index < -0.39 is 0 Å². The van der Waals surface area contributed by atoms with Gasteiger partial charge >= 0.3 is 6.03 Å². The lowest BCUT2D eigenvalue weighted by Gasteiger charge is -2.23. The summed E-state index contributed by atoms with van der Waals surface area (Å²) in [5.41, 5.74) is 1.65. The molecule has 2 amide bonds. The highest BCUT2D eigenvalue weighted by molar-refractivity contribution is 6.30. The van der Waals surface area contributed by atoms with Crippen LogP contribution in [0.4, 0.5) is 10.5 Å². The molecule has 0 aliphatic carbocycles. The van der Waals surface area contributed by atoms with Crippen LogP contribution in [0.1, 0.15) is 50.1 Å². The Bertz CT molecular complexity index is 681. The first-order chi connectivity index (χ1) is 11.0. The zero-order valence-electron chi connectivity index (χ0n) is 13.3. The Kier molecular flexibility index (Phi) is 4.57. The average molecular weight is 334 g/mol. The number of hydrogen-bond donors (Lipinski definition) is 1. The van der Waals surface area contributed by atoms with Gasteiger partial charge in [-0.2, -0.15) is 0 Å². The maximum atomic E-state index is 12.5. The monoisotopic (exact) mass is 333 g/mol. The molecule has 2 aromatic rings. The number of nitrogens with zero attached hydrogens (tertiary/aromatic N) is 2. The second kappa shape index (κ2) is 6.62. The van der Waals surface area contributed by atoms with Gasteiger partial charge in [0.1, 0.15) is 0 Å². The average Bonchev–Trinajstić information content (AvgIpc) is 3.17. The molecule has 5 nitrogen and oxygen atoms in total. The van der Waals surface area contributed by atoms with Crippen molar-refractivity contribution >= 4 is 23.3 Å². The molecule has 1 saturated heterocycles. The number of benzene rings is 1. The number of rotatable bonds is 3. The number of urea groups is 1.